The summed E-state index contributed by atoms with van der Waals surface area (Å²) in [6.07, 6.45) is -3.87. The number of furan rings is 1. The zero-order valence-corrected chi connectivity index (χ0v) is 21.5. The zero-order valence-electron chi connectivity index (χ0n) is 21.5. The number of benzene rings is 3. The topological polar surface area (TPSA) is 53.3 Å². The van der Waals surface area contributed by atoms with Crippen LogP contribution in [0.5, 0.6) is 23.0 Å². The molecule has 5 rings (SSSR count). The molecule has 200 valence electrons. The molecule has 9 heteroatoms. The van der Waals surface area contributed by atoms with Crippen LogP contribution < -0.4 is 18.9 Å². The van der Waals surface area contributed by atoms with Crippen molar-refractivity contribution in [1.82, 2.24) is 4.90 Å². The predicted octanol–water partition coefficient (Wildman–Crippen LogP) is 7.14. The van der Waals surface area contributed by atoms with Crippen LogP contribution in [0.4, 0.5) is 13.2 Å². The van der Waals surface area contributed by atoms with Crippen LogP contribution in [0.15, 0.2) is 59.0 Å². The average molecular weight is 528 g/mol. The van der Waals surface area contributed by atoms with E-state index >= 15 is 0 Å². The molecule has 0 amide bonds. The van der Waals surface area contributed by atoms with Gasteiger partial charge >= 0.3 is 6.36 Å². The largest absolute Gasteiger partial charge is 0.573 e. The maximum Gasteiger partial charge on any atom is 0.573 e. The van der Waals surface area contributed by atoms with E-state index < -0.39 is 6.36 Å². The highest BCUT2D eigenvalue weighted by molar-refractivity contribution is 5.90. The van der Waals surface area contributed by atoms with Gasteiger partial charge in [-0.15, -0.1) is 13.2 Å². The Morgan fingerprint density at radius 1 is 0.895 bits per heavy atom. The molecule has 1 aliphatic rings. The number of hydrogen-bond acceptors (Lipinski definition) is 6. The molecule has 0 aliphatic carbocycles. The van der Waals surface area contributed by atoms with Crippen LogP contribution in [-0.2, 0) is 13.0 Å². The molecular formula is C29H28F3NO5. The van der Waals surface area contributed by atoms with E-state index in [1.54, 1.807) is 21.3 Å². The molecule has 0 spiro atoms. The van der Waals surface area contributed by atoms with Crippen molar-refractivity contribution in [3.63, 3.8) is 0 Å². The Morgan fingerprint density at radius 3 is 2.24 bits per heavy atom. The predicted molar refractivity (Wildman–Crippen MR) is 137 cm³/mol. The number of methoxy groups -OCH3 is 3. The van der Waals surface area contributed by atoms with Gasteiger partial charge in [-0.1, -0.05) is 6.07 Å². The fourth-order valence-electron chi connectivity index (χ4n) is 5.05. The fourth-order valence-corrected chi connectivity index (χ4v) is 5.05. The first-order chi connectivity index (χ1) is 18.2. The van der Waals surface area contributed by atoms with Gasteiger partial charge in [0.25, 0.3) is 0 Å². The van der Waals surface area contributed by atoms with Gasteiger partial charge in [-0.05, 0) is 78.6 Å². The number of alkyl halides is 3. The second-order valence-corrected chi connectivity index (χ2v) is 9.16. The quantitative estimate of drug-likeness (QED) is 0.255. The lowest BCUT2D eigenvalue weighted by molar-refractivity contribution is -0.274. The Hall–Kier alpha value is -3.85. The van der Waals surface area contributed by atoms with Gasteiger partial charge in [0.05, 0.1) is 21.3 Å². The van der Waals surface area contributed by atoms with Gasteiger partial charge < -0.3 is 23.4 Å². The second kappa shape index (κ2) is 10.1. The lowest BCUT2D eigenvalue weighted by Crippen LogP contribution is -2.33. The van der Waals surface area contributed by atoms with Crippen molar-refractivity contribution in [2.75, 3.05) is 27.9 Å². The summed E-state index contributed by atoms with van der Waals surface area (Å²) < 4.78 is 64.3. The SMILES string of the molecule is COc1cc2c(cc1OC)C(C)N(Cc1ccc(OC)c3oc(-c4ccc(OC(F)(F)F)cc4)cc13)CC2. The van der Waals surface area contributed by atoms with E-state index in [1.165, 1.54) is 35.4 Å². The van der Waals surface area contributed by atoms with Crippen LogP contribution in [0.1, 0.15) is 29.7 Å². The molecule has 0 saturated heterocycles. The first kappa shape index (κ1) is 25.8. The third-order valence-electron chi connectivity index (χ3n) is 7.02. The highest BCUT2D eigenvalue weighted by Gasteiger charge is 2.31. The molecule has 2 heterocycles. The maximum atomic E-state index is 12.5. The van der Waals surface area contributed by atoms with Gasteiger partial charge in [0.1, 0.15) is 11.5 Å². The molecule has 0 radical (unpaired) electrons. The summed E-state index contributed by atoms with van der Waals surface area (Å²) in [5.41, 5.74) is 4.73. The highest BCUT2D eigenvalue weighted by Crippen LogP contribution is 2.41. The van der Waals surface area contributed by atoms with Crippen molar-refractivity contribution >= 4 is 11.0 Å². The molecule has 0 fully saturated rings. The number of nitrogens with zero attached hydrogens (tertiary/aromatic N) is 1. The van der Waals surface area contributed by atoms with E-state index in [9.17, 15) is 13.2 Å². The van der Waals surface area contributed by atoms with Crippen LogP contribution >= 0.6 is 0 Å². The molecule has 1 aromatic heterocycles. The summed E-state index contributed by atoms with van der Waals surface area (Å²) in [6.45, 7) is 3.71. The Morgan fingerprint density at radius 2 is 1.58 bits per heavy atom. The summed E-state index contributed by atoms with van der Waals surface area (Å²) in [7, 11) is 4.85. The molecule has 0 bridgehead atoms. The number of fused-ring (bicyclic) bond motifs is 2. The zero-order chi connectivity index (χ0) is 27.0. The van der Waals surface area contributed by atoms with Gasteiger partial charge in [0, 0.05) is 30.1 Å². The standard InChI is InChI=1S/C29H28F3NO5/c1-17-22-14-27(36-4)26(35-3)13-19(22)11-12-33(17)16-20-7-10-24(34-2)28-23(20)15-25(37-28)18-5-8-21(9-6-18)38-29(30,31)32/h5-10,13-15,17H,11-12,16H2,1-4H3. The van der Waals surface area contributed by atoms with Crippen molar-refractivity contribution in [3.8, 4) is 34.3 Å². The van der Waals surface area contributed by atoms with E-state index in [-0.39, 0.29) is 11.8 Å². The lowest BCUT2D eigenvalue weighted by atomic mass is 9.92. The molecule has 0 saturated carbocycles. The Labute approximate surface area is 218 Å². The summed E-state index contributed by atoms with van der Waals surface area (Å²) in [4.78, 5) is 2.39. The van der Waals surface area contributed by atoms with Crippen molar-refractivity contribution in [2.24, 2.45) is 0 Å². The third kappa shape index (κ3) is 4.98. The monoisotopic (exact) mass is 527 g/mol. The molecule has 38 heavy (non-hydrogen) atoms. The van der Waals surface area contributed by atoms with Gasteiger partial charge in [-0.25, -0.2) is 0 Å². The van der Waals surface area contributed by atoms with E-state index in [4.69, 9.17) is 18.6 Å². The van der Waals surface area contributed by atoms with Crippen molar-refractivity contribution in [1.29, 1.82) is 0 Å². The maximum absolute atomic E-state index is 12.5. The molecule has 0 N–H and O–H groups in total. The Balaban J connectivity index is 1.45. The lowest BCUT2D eigenvalue weighted by Gasteiger charge is -2.36. The Kier molecular flexibility index (Phi) is 6.88. The van der Waals surface area contributed by atoms with Gasteiger partial charge in [0.2, 0.25) is 0 Å². The van der Waals surface area contributed by atoms with Crippen molar-refractivity contribution < 1.29 is 36.5 Å². The summed E-state index contributed by atoms with van der Waals surface area (Å²) >= 11 is 0. The van der Waals surface area contributed by atoms with Crippen LogP contribution in [0.2, 0.25) is 0 Å². The first-order valence-electron chi connectivity index (χ1n) is 12.1. The number of hydrogen-bond donors (Lipinski definition) is 0. The molecule has 1 aliphatic heterocycles. The minimum Gasteiger partial charge on any atom is -0.493 e. The van der Waals surface area contributed by atoms with Crippen LogP contribution in [0, 0.1) is 0 Å². The third-order valence-corrected chi connectivity index (χ3v) is 7.02. The molecule has 1 atom stereocenters. The van der Waals surface area contributed by atoms with Crippen molar-refractivity contribution in [3.05, 3.63) is 71.3 Å². The van der Waals surface area contributed by atoms with Gasteiger partial charge in [-0.2, -0.15) is 0 Å². The summed E-state index contributed by atoms with van der Waals surface area (Å²) in [5.74, 6) is 2.26. The van der Waals surface area contributed by atoms with E-state index in [1.807, 2.05) is 18.2 Å². The Bertz CT molecular complexity index is 1450. The smallest absolute Gasteiger partial charge is 0.493 e. The van der Waals surface area contributed by atoms with E-state index in [0.717, 1.165) is 29.7 Å². The minimum atomic E-state index is -4.74. The minimum absolute atomic E-state index is 0.142. The van der Waals surface area contributed by atoms with Crippen LogP contribution in [0.3, 0.4) is 0 Å². The highest BCUT2D eigenvalue weighted by atomic mass is 19.4. The molecule has 1 unspecified atom stereocenters. The van der Waals surface area contributed by atoms with Crippen molar-refractivity contribution in [2.45, 2.75) is 32.3 Å². The van der Waals surface area contributed by atoms with Gasteiger partial charge in [0.15, 0.2) is 22.8 Å². The first-order valence-corrected chi connectivity index (χ1v) is 12.1. The number of halogens is 3. The normalized spacial score (nSPS) is 15.8. The van der Waals surface area contributed by atoms with Crippen LogP contribution in [-0.4, -0.2) is 39.1 Å². The number of ether oxygens (including phenoxy) is 4. The van der Waals surface area contributed by atoms with Gasteiger partial charge in [-0.3, -0.25) is 4.90 Å². The molecular weight excluding hydrogens is 499 g/mol. The molecule has 4 aromatic rings. The average Bonchev–Trinajstić information content (AvgIpc) is 3.35. The molecule has 6 nitrogen and oxygen atoms in total. The number of rotatable bonds is 7. The fraction of sp³-hybridized carbons (Fsp3) is 0.310. The summed E-state index contributed by atoms with van der Waals surface area (Å²) in [5, 5.41) is 0.889. The molecule has 3 aromatic carbocycles. The van der Waals surface area contributed by atoms with E-state index in [2.05, 4.69) is 28.7 Å². The van der Waals surface area contributed by atoms with Crippen LogP contribution in [0.25, 0.3) is 22.3 Å². The summed E-state index contributed by atoms with van der Waals surface area (Å²) in [6, 6.07) is 15.7. The second-order valence-electron chi connectivity index (χ2n) is 9.16. The van der Waals surface area contributed by atoms with E-state index in [0.29, 0.717) is 35.0 Å².